The fourth-order valence-electron chi connectivity index (χ4n) is 2.39. The summed E-state index contributed by atoms with van der Waals surface area (Å²) in [6.45, 7) is 2.59. The topological polar surface area (TPSA) is 38.8 Å². The van der Waals surface area contributed by atoms with Gasteiger partial charge in [0.15, 0.2) is 0 Å². The smallest absolute Gasteiger partial charge is 0.231 e. The molecule has 0 radical (unpaired) electrons. The molecule has 1 amide bonds. The highest BCUT2D eigenvalue weighted by molar-refractivity contribution is 5.95. The third kappa shape index (κ3) is 3.58. The molecule has 0 unspecified atom stereocenters. The van der Waals surface area contributed by atoms with Crippen molar-refractivity contribution in [2.45, 2.75) is 13.3 Å². The first-order valence-electron chi connectivity index (χ1n) is 7.26. The van der Waals surface area contributed by atoms with Gasteiger partial charge in [0.05, 0.1) is 20.6 Å². The number of amides is 1. The molecule has 2 rings (SSSR count). The normalized spacial score (nSPS) is 10.1. The molecule has 22 heavy (non-hydrogen) atoms. The number of para-hydroxylation sites is 1. The second kappa shape index (κ2) is 7.50. The summed E-state index contributed by atoms with van der Waals surface area (Å²) < 4.78 is 10.6. The summed E-state index contributed by atoms with van der Waals surface area (Å²) in [4.78, 5) is 14.4. The average Bonchev–Trinajstić information content (AvgIpc) is 2.56. The van der Waals surface area contributed by atoms with Gasteiger partial charge in [0.2, 0.25) is 5.91 Å². The number of rotatable bonds is 6. The molecule has 0 heterocycles. The fourth-order valence-corrected chi connectivity index (χ4v) is 2.39. The number of anilines is 1. The van der Waals surface area contributed by atoms with E-state index in [0.29, 0.717) is 18.0 Å². The minimum absolute atomic E-state index is 0.0280. The van der Waals surface area contributed by atoms with E-state index in [2.05, 4.69) is 0 Å². The number of ether oxygens (including phenoxy) is 2. The fraction of sp³-hybridized carbons (Fsp3) is 0.278. The molecule has 0 aliphatic heterocycles. The van der Waals surface area contributed by atoms with E-state index in [0.717, 1.165) is 11.3 Å². The maximum atomic E-state index is 12.6. The Bertz CT molecular complexity index is 625. The summed E-state index contributed by atoms with van der Waals surface area (Å²) in [6, 6.07) is 15.1. The Kier molecular flexibility index (Phi) is 5.42. The van der Waals surface area contributed by atoms with Crippen LogP contribution in [0.15, 0.2) is 48.5 Å². The maximum Gasteiger partial charge on any atom is 0.231 e. The Balaban J connectivity index is 2.23. The van der Waals surface area contributed by atoms with Gasteiger partial charge in [-0.1, -0.05) is 18.2 Å². The Morgan fingerprint density at radius 3 is 2.36 bits per heavy atom. The molecule has 2 aromatic rings. The minimum Gasteiger partial charge on any atom is -0.497 e. The largest absolute Gasteiger partial charge is 0.497 e. The predicted octanol–water partition coefficient (Wildman–Crippen LogP) is 3.30. The molecule has 0 aromatic heterocycles. The Morgan fingerprint density at radius 1 is 1.05 bits per heavy atom. The highest BCUT2D eigenvalue weighted by Gasteiger charge is 2.17. The molecular weight excluding hydrogens is 278 g/mol. The molecule has 0 atom stereocenters. The highest BCUT2D eigenvalue weighted by atomic mass is 16.5. The zero-order valence-electron chi connectivity index (χ0n) is 13.2. The molecule has 0 fully saturated rings. The lowest BCUT2D eigenvalue weighted by molar-refractivity contribution is -0.118. The van der Waals surface area contributed by atoms with Crippen LogP contribution in [0.4, 0.5) is 5.69 Å². The Labute approximate surface area is 131 Å². The third-order valence-corrected chi connectivity index (χ3v) is 3.51. The summed E-state index contributed by atoms with van der Waals surface area (Å²) >= 11 is 0. The molecule has 0 bridgehead atoms. The first-order chi connectivity index (χ1) is 10.7. The van der Waals surface area contributed by atoms with Gasteiger partial charge in [-0.15, -0.1) is 0 Å². The van der Waals surface area contributed by atoms with Gasteiger partial charge in [-0.05, 0) is 37.3 Å². The molecule has 0 aliphatic carbocycles. The number of carbonyl (C=O) groups excluding carboxylic acids is 1. The quantitative estimate of drug-likeness (QED) is 0.821. The van der Waals surface area contributed by atoms with Gasteiger partial charge >= 0.3 is 0 Å². The first-order valence-corrected chi connectivity index (χ1v) is 7.26. The van der Waals surface area contributed by atoms with E-state index in [4.69, 9.17) is 9.47 Å². The summed E-state index contributed by atoms with van der Waals surface area (Å²) in [7, 11) is 3.21. The van der Waals surface area contributed by atoms with E-state index in [9.17, 15) is 4.79 Å². The van der Waals surface area contributed by atoms with Crippen LogP contribution in [0.1, 0.15) is 12.5 Å². The van der Waals surface area contributed by atoms with E-state index < -0.39 is 0 Å². The van der Waals surface area contributed by atoms with Crippen LogP contribution in [-0.4, -0.2) is 26.7 Å². The monoisotopic (exact) mass is 299 g/mol. The maximum absolute atomic E-state index is 12.6. The molecule has 4 heteroatoms. The van der Waals surface area contributed by atoms with Gasteiger partial charge in [-0.2, -0.15) is 0 Å². The molecule has 0 aliphatic rings. The standard InChI is InChI=1S/C18H21NO3/c1-4-19(15-8-6-5-7-9-15)18(20)13-14-12-16(21-2)10-11-17(14)22-3/h5-12H,4,13H2,1-3H3. The van der Waals surface area contributed by atoms with Crippen molar-refractivity contribution in [1.29, 1.82) is 0 Å². The van der Waals surface area contributed by atoms with Crippen LogP contribution >= 0.6 is 0 Å². The third-order valence-electron chi connectivity index (χ3n) is 3.51. The van der Waals surface area contributed by atoms with Crippen molar-refractivity contribution in [1.82, 2.24) is 0 Å². The number of hydrogen-bond acceptors (Lipinski definition) is 3. The van der Waals surface area contributed by atoms with E-state index in [-0.39, 0.29) is 12.3 Å². The van der Waals surface area contributed by atoms with Crippen LogP contribution in [0.2, 0.25) is 0 Å². The van der Waals surface area contributed by atoms with Gasteiger partial charge in [0.1, 0.15) is 11.5 Å². The lowest BCUT2D eigenvalue weighted by Gasteiger charge is -2.21. The van der Waals surface area contributed by atoms with E-state index >= 15 is 0 Å². The summed E-state index contributed by atoms with van der Waals surface area (Å²) in [5, 5.41) is 0. The number of hydrogen-bond donors (Lipinski definition) is 0. The number of benzene rings is 2. The van der Waals surface area contributed by atoms with Crippen LogP contribution in [-0.2, 0) is 11.2 Å². The molecule has 0 N–H and O–H groups in total. The van der Waals surface area contributed by atoms with Crippen molar-refractivity contribution >= 4 is 11.6 Å². The zero-order valence-corrected chi connectivity index (χ0v) is 13.2. The van der Waals surface area contributed by atoms with Crippen LogP contribution in [0.25, 0.3) is 0 Å². The zero-order chi connectivity index (χ0) is 15.9. The van der Waals surface area contributed by atoms with Crippen LogP contribution in [0.3, 0.4) is 0 Å². The second-order valence-corrected chi connectivity index (χ2v) is 4.83. The number of carbonyl (C=O) groups is 1. The lowest BCUT2D eigenvalue weighted by Crippen LogP contribution is -2.32. The van der Waals surface area contributed by atoms with E-state index in [1.165, 1.54) is 0 Å². The summed E-state index contributed by atoms with van der Waals surface area (Å²) in [6.07, 6.45) is 0.267. The van der Waals surface area contributed by atoms with E-state index in [1.807, 2.05) is 55.5 Å². The number of methoxy groups -OCH3 is 2. The molecule has 116 valence electrons. The second-order valence-electron chi connectivity index (χ2n) is 4.83. The molecule has 4 nitrogen and oxygen atoms in total. The van der Waals surface area contributed by atoms with Crippen LogP contribution in [0, 0.1) is 0 Å². The molecule has 0 saturated carbocycles. The molecule has 0 spiro atoms. The number of likely N-dealkylation sites (N-methyl/N-ethyl adjacent to an activating group) is 1. The average molecular weight is 299 g/mol. The Morgan fingerprint density at radius 2 is 1.77 bits per heavy atom. The van der Waals surface area contributed by atoms with Crippen molar-refractivity contribution in [3.05, 3.63) is 54.1 Å². The predicted molar refractivity (Wildman–Crippen MR) is 87.7 cm³/mol. The minimum atomic E-state index is 0.0280. The molecule has 2 aromatic carbocycles. The summed E-state index contributed by atoms with van der Waals surface area (Å²) in [5.41, 5.74) is 1.72. The Hall–Kier alpha value is -2.49. The number of nitrogens with zero attached hydrogens (tertiary/aromatic N) is 1. The molecule has 0 saturated heterocycles. The SMILES string of the molecule is CCN(C(=O)Cc1cc(OC)ccc1OC)c1ccccc1. The van der Waals surface area contributed by atoms with Crippen molar-refractivity contribution < 1.29 is 14.3 Å². The van der Waals surface area contributed by atoms with Crippen molar-refractivity contribution in [3.8, 4) is 11.5 Å². The van der Waals surface area contributed by atoms with Gasteiger partial charge in [0, 0.05) is 17.8 Å². The van der Waals surface area contributed by atoms with E-state index in [1.54, 1.807) is 19.1 Å². The summed E-state index contributed by atoms with van der Waals surface area (Å²) in [5.74, 6) is 1.44. The van der Waals surface area contributed by atoms with Gasteiger partial charge < -0.3 is 14.4 Å². The first kappa shape index (κ1) is 15.9. The van der Waals surface area contributed by atoms with Gasteiger partial charge in [-0.25, -0.2) is 0 Å². The highest BCUT2D eigenvalue weighted by Crippen LogP contribution is 2.25. The van der Waals surface area contributed by atoms with Crippen molar-refractivity contribution in [2.24, 2.45) is 0 Å². The molecular formula is C18H21NO3. The van der Waals surface area contributed by atoms with Crippen molar-refractivity contribution in [2.75, 3.05) is 25.7 Å². The lowest BCUT2D eigenvalue weighted by atomic mass is 10.1. The van der Waals surface area contributed by atoms with Crippen LogP contribution in [0.5, 0.6) is 11.5 Å². The van der Waals surface area contributed by atoms with Gasteiger partial charge in [0.25, 0.3) is 0 Å². The van der Waals surface area contributed by atoms with Gasteiger partial charge in [-0.3, -0.25) is 4.79 Å². The van der Waals surface area contributed by atoms with Crippen molar-refractivity contribution in [3.63, 3.8) is 0 Å². The van der Waals surface area contributed by atoms with Crippen LogP contribution < -0.4 is 14.4 Å².